The third-order valence-corrected chi connectivity index (χ3v) is 3.82. The zero-order chi connectivity index (χ0) is 11.8. The van der Waals surface area contributed by atoms with Crippen LogP contribution < -0.4 is 10.2 Å². The van der Waals surface area contributed by atoms with E-state index in [0.29, 0.717) is 11.9 Å². The molecule has 6 nitrogen and oxygen atoms in total. The van der Waals surface area contributed by atoms with E-state index in [2.05, 4.69) is 25.4 Å². The second kappa shape index (κ2) is 4.27. The van der Waals surface area contributed by atoms with Crippen LogP contribution in [0, 0.1) is 5.92 Å². The normalized spacial score (nSPS) is 30.4. The van der Waals surface area contributed by atoms with Crippen LogP contribution in [-0.2, 0) is 0 Å². The van der Waals surface area contributed by atoms with Crippen LogP contribution in [0.4, 0.5) is 5.95 Å². The van der Waals surface area contributed by atoms with E-state index in [1.54, 1.807) is 6.92 Å². The highest BCUT2D eigenvalue weighted by Crippen LogP contribution is 2.29. The Labute approximate surface area is 100 Å². The fourth-order valence-electron chi connectivity index (χ4n) is 2.90. The number of aliphatic hydroxyl groups is 1. The van der Waals surface area contributed by atoms with Crippen molar-refractivity contribution in [2.75, 3.05) is 24.5 Å². The average molecular weight is 237 g/mol. The van der Waals surface area contributed by atoms with Crippen molar-refractivity contribution in [2.24, 2.45) is 5.92 Å². The molecule has 2 fully saturated rings. The van der Waals surface area contributed by atoms with Crippen molar-refractivity contribution in [3.8, 4) is 0 Å². The Morgan fingerprint density at radius 2 is 2.35 bits per heavy atom. The van der Waals surface area contributed by atoms with Gasteiger partial charge in [0, 0.05) is 25.7 Å². The van der Waals surface area contributed by atoms with Gasteiger partial charge in [-0.2, -0.15) is 4.98 Å². The molecule has 0 aliphatic carbocycles. The second-order valence-corrected chi connectivity index (χ2v) is 5.02. The third-order valence-electron chi connectivity index (χ3n) is 3.82. The van der Waals surface area contributed by atoms with Gasteiger partial charge in [0.2, 0.25) is 5.95 Å². The summed E-state index contributed by atoms with van der Waals surface area (Å²) >= 11 is 0. The maximum Gasteiger partial charge on any atom is 0.245 e. The van der Waals surface area contributed by atoms with E-state index >= 15 is 0 Å². The van der Waals surface area contributed by atoms with E-state index in [9.17, 15) is 5.11 Å². The molecule has 3 heterocycles. The van der Waals surface area contributed by atoms with Crippen LogP contribution in [0.3, 0.4) is 0 Å². The van der Waals surface area contributed by atoms with Gasteiger partial charge in [-0.25, -0.2) is 0 Å². The van der Waals surface area contributed by atoms with Crippen molar-refractivity contribution < 1.29 is 5.11 Å². The number of fused-ring (bicyclic) bond motifs is 1. The fourth-order valence-corrected chi connectivity index (χ4v) is 2.90. The number of H-pyrrole nitrogens is 1. The van der Waals surface area contributed by atoms with Gasteiger partial charge in [0.25, 0.3) is 0 Å². The first kappa shape index (κ1) is 11.0. The lowest BCUT2D eigenvalue weighted by Gasteiger charge is -2.36. The first-order valence-corrected chi connectivity index (χ1v) is 6.33. The van der Waals surface area contributed by atoms with E-state index in [1.807, 2.05) is 0 Å². The number of nitrogens with zero attached hydrogens (tertiary/aromatic N) is 3. The largest absolute Gasteiger partial charge is 0.385 e. The van der Waals surface area contributed by atoms with Crippen molar-refractivity contribution in [2.45, 2.75) is 31.9 Å². The summed E-state index contributed by atoms with van der Waals surface area (Å²) in [6.07, 6.45) is 1.90. The van der Waals surface area contributed by atoms with Crippen molar-refractivity contribution in [3.63, 3.8) is 0 Å². The maximum atomic E-state index is 9.46. The van der Waals surface area contributed by atoms with Crippen molar-refractivity contribution in [1.29, 1.82) is 0 Å². The molecule has 0 radical (unpaired) electrons. The number of anilines is 1. The summed E-state index contributed by atoms with van der Waals surface area (Å²) in [5, 5.41) is 19.9. The Morgan fingerprint density at radius 3 is 3.12 bits per heavy atom. The van der Waals surface area contributed by atoms with Crippen LogP contribution in [-0.4, -0.2) is 46.0 Å². The van der Waals surface area contributed by atoms with Gasteiger partial charge < -0.3 is 15.3 Å². The highest BCUT2D eigenvalue weighted by atomic mass is 16.3. The predicted molar refractivity (Wildman–Crippen MR) is 63.7 cm³/mol. The summed E-state index contributed by atoms with van der Waals surface area (Å²) in [4.78, 5) is 6.65. The van der Waals surface area contributed by atoms with Crippen LogP contribution in [0.5, 0.6) is 0 Å². The molecule has 0 amide bonds. The summed E-state index contributed by atoms with van der Waals surface area (Å²) < 4.78 is 0. The molecule has 2 unspecified atom stereocenters. The van der Waals surface area contributed by atoms with E-state index in [-0.39, 0.29) is 0 Å². The zero-order valence-electron chi connectivity index (χ0n) is 10.1. The summed E-state index contributed by atoms with van der Waals surface area (Å²) in [6, 6.07) is 0.515. The van der Waals surface area contributed by atoms with Gasteiger partial charge in [-0.3, -0.25) is 5.10 Å². The Balaban J connectivity index is 1.81. The first-order chi connectivity index (χ1) is 8.25. The van der Waals surface area contributed by atoms with Crippen LogP contribution in [0.1, 0.15) is 31.7 Å². The molecule has 3 rings (SSSR count). The van der Waals surface area contributed by atoms with Crippen LogP contribution in [0.2, 0.25) is 0 Å². The van der Waals surface area contributed by atoms with Gasteiger partial charge in [-0.15, -0.1) is 5.10 Å². The molecule has 1 aromatic rings. The Morgan fingerprint density at radius 1 is 1.47 bits per heavy atom. The van der Waals surface area contributed by atoms with Crippen molar-refractivity contribution >= 4 is 5.95 Å². The molecule has 1 aromatic heterocycles. The van der Waals surface area contributed by atoms with Gasteiger partial charge in [0.05, 0.1) is 0 Å². The molecule has 3 atom stereocenters. The molecule has 3 N–H and O–H groups in total. The van der Waals surface area contributed by atoms with Gasteiger partial charge in [0.15, 0.2) is 5.82 Å². The van der Waals surface area contributed by atoms with Crippen molar-refractivity contribution in [1.82, 2.24) is 20.5 Å². The first-order valence-electron chi connectivity index (χ1n) is 6.33. The molecule has 2 aliphatic heterocycles. The molecule has 0 aromatic carbocycles. The van der Waals surface area contributed by atoms with Crippen LogP contribution >= 0.6 is 0 Å². The molecule has 6 heteroatoms. The highest BCUT2D eigenvalue weighted by Gasteiger charge is 2.36. The molecule has 2 aliphatic rings. The number of rotatable bonds is 2. The third kappa shape index (κ3) is 1.91. The minimum absolute atomic E-state index is 0.515. The fraction of sp³-hybridized carbons (Fsp3) is 0.818. The van der Waals surface area contributed by atoms with E-state index in [4.69, 9.17) is 0 Å². The minimum Gasteiger partial charge on any atom is -0.385 e. The van der Waals surface area contributed by atoms with Gasteiger partial charge in [0.1, 0.15) is 6.10 Å². The summed E-state index contributed by atoms with van der Waals surface area (Å²) in [6.45, 7) is 4.83. The zero-order valence-corrected chi connectivity index (χ0v) is 10.1. The summed E-state index contributed by atoms with van der Waals surface area (Å²) in [5.41, 5.74) is 0. The number of piperidine rings is 1. The Kier molecular flexibility index (Phi) is 2.76. The Bertz CT molecular complexity index is 391. The lowest BCUT2D eigenvalue weighted by atomic mass is 9.92. The lowest BCUT2D eigenvalue weighted by Crippen LogP contribution is -2.45. The number of hydrogen-bond acceptors (Lipinski definition) is 5. The average Bonchev–Trinajstić information content (AvgIpc) is 2.97. The minimum atomic E-state index is -0.585. The molecule has 94 valence electrons. The standard InChI is InChI=1S/C11H19N5O/c1-7(17)10-13-11(15-14-10)16-4-2-3-8-5-12-6-9(8)16/h7-9,12,17H,2-6H2,1H3,(H,13,14,15)/t7-,8?,9?/m0/s1. The molecular weight excluding hydrogens is 218 g/mol. The van der Waals surface area contributed by atoms with Gasteiger partial charge in [-0.05, 0) is 25.7 Å². The van der Waals surface area contributed by atoms with E-state index < -0.39 is 6.10 Å². The Hall–Kier alpha value is -1.14. The van der Waals surface area contributed by atoms with Gasteiger partial charge in [-0.1, -0.05) is 0 Å². The SMILES string of the molecule is C[C@H](O)c1nc(N2CCCC3CNCC32)n[nH]1. The summed E-state index contributed by atoms with van der Waals surface area (Å²) in [5.74, 6) is 2.00. The number of hydrogen-bond donors (Lipinski definition) is 3. The number of aromatic nitrogens is 3. The molecule has 17 heavy (non-hydrogen) atoms. The van der Waals surface area contributed by atoms with E-state index in [0.717, 1.165) is 31.5 Å². The smallest absolute Gasteiger partial charge is 0.245 e. The maximum absolute atomic E-state index is 9.46. The van der Waals surface area contributed by atoms with E-state index in [1.165, 1.54) is 12.8 Å². The number of aromatic amines is 1. The quantitative estimate of drug-likeness (QED) is 0.677. The molecule has 2 saturated heterocycles. The number of aliphatic hydroxyl groups excluding tert-OH is 1. The molecule has 0 spiro atoms. The molecule has 0 bridgehead atoms. The van der Waals surface area contributed by atoms with Crippen LogP contribution in [0.15, 0.2) is 0 Å². The summed E-state index contributed by atoms with van der Waals surface area (Å²) in [7, 11) is 0. The number of nitrogens with one attached hydrogen (secondary N) is 2. The predicted octanol–water partition coefficient (Wildman–Crippen LogP) is 0.0462. The van der Waals surface area contributed by atoms with Crippen molar-refractivity contribution in [3.05, 3.63) is 5.82 Å². The van der Waals surface area contributed by atoms with Gasteiger partial charge >= 0.3 is 0 Å². The lowest BCUT2D eigenvalue weighted by molar-refractivity contribution is 0.189. The molecular formula is C11H19N5O. The highest BCUT2D eigenvalue weighted by molar-refractivity contribution is 5.33. The second-order valence-electron chi connectivity index (χ2n) is 5.02. The molecule has 0 saturated carbocycles. The van der Waals surface area contributed by atoms with Crippen LogP contribution in [0.25, 0.3) is 0 Å². The monoisotopic (exact) mass is 237 g/mol. The topological polar surface area (TPSA) is 77.1 Å².